The number of halogens is 2. The minimum atomic E-state index is -0.0642. The Balaban J connectivity index is 0.00000280. The van der Waals surface area contributed by atoms with Gasteiger partial charge in [-0.05, 0) is 45.8 Å². The summed E-state index contributed by atoms with van der Waals surface area (Å²) in [6.45, 7) is 3.36. The van der Waals surface area contributed by atoms with Crippen molar-refractivity contribution in [3.05, 3.63) is 52.4 Å². The molecular formula is C19H24BrIN4O3. The molecule has 1 aliphatic rings. The van der Waals surface area contributed by atoms with Crippen LogP contribution in [0.15, 0.2) is 50.5 Å². The zero-order valence-corrected chi connectivity index (χ0v) is 19.8. The Morgan fingerprint density at radius 1 is 1.25 bits per heavy atom. The lowest BCUT2D eigenvalue weighted by Crippen LogP contribution is -2.53. The maximum Gasteiger partial charge on any atom is 0.289 e. The van der Waals surface area contributed by atoms with Crippen LogP contribution in [0.5, 0.6) is 5.75 Å². The van der Waals surface area contributed by atoms with E-state index >= 15 is 0 Å². The van der Waals surface area contributed by atoms with Gasteiger partial charge in [0.15, 0.2) is 11.7 Å². The van der Waals surface area contributed by atoms with Gasteiger partial charge in [-0.25, -0.2) is 0 Å². The zero-order chi connectivity index (χ0) is 19.2. The van der Waals surface area contributed by atoms with Gasteiger partial charge in [-0.1, -0.05) is 6.07 Å². The van der Waals surface area contributed by atoms with Gasteiger partial charge in [-0.3, -0.25) is 9.79 Å². The lowest BCUT2D eigenvalue weighted by atomic mass is 10.2. The number of furan rings is 1. The highest BCUT2D eigenvalue weighted by Gasteiger charge is 2.25. The van der Waals surface area contributed by atoms with E-state index in [0.717, 1.165) is 34.8 Å². The molecule has 152 valence electrons. The van der Waals surface area contributed by atoms with Gasteiger partial charge in [-0.2, -0.15) is 0 Å². The number of guanidine groups is 1. The van der Waals surface area contributed by atoms with Crippen LogP contribution in [0.1, 0.15) is 16.1 Å². The fraction of sp³-hybridized carbons (Fsp3) is 0.368. The van der Waals surface area contributed by atoms with Crippen molar-refractivity contribution in [1.29, 1.82) is 0 Å². The van der Waals surface area contributed by atoms with E-state index in [-0.39, 0.29) is 29.9 Å². The maximum absolute atomic E-state index is 12.4. The van der Waals surface area contributed by atoms with E-state index < -0.39 is 0 Å². The SMILES string of the molecule is CN=C(NCc1ccc(OC)c(Br)c1)N1CCN(C(=O)c2ccco2)CC1.I. The maximum atomic E-state index is 12.4. The summed E-state index contributed by atoms with van der Waals surface area (Å²) in [4.78, 5) is 20.7. The highest BCUT2D eigenvalue weighted by Crippen LogP contribution is 2.25. The molecule has 28 heavy (non-hydrogen) atoms. The number of benzene rings is 1. The molecule has 0 atom stereocenters. The summed E-state index contributed by atoms with van der Waals surface area (Å²) >= 11 is 3.51. The summed E-state index contributed by atoms with van der Waals surface area (Å²) < 4.78 is 11.4. The molecule has 1 aromatic heterocycles. The molecule has 7 nitrogen and oxygen atoms in total. The Kier molecular flexibility index (Phi) is 8.61. The Morgan fingerprint density at radius 2 is 1.96 bits per heavy atom. The first-order chi connectivity index (χ1) is 13.1. The monoisotopic (exact) mass is 562 g/mol. The van der Waals surface area contributed by atoms with Crippen LogP contribution in [-0.4, -0.2) is 62.0 Å². The third-order valence-corrected chi connectivity index (χ3v) is 5.10. The fourth-order valence-corrected chi connectivity index (χ4v) is 3.60. The Morgan fingerprint density at radius 3 is 2.54 bits per heavy atom. The smallest absolute Gasteiger partial charge is 0.289 e. The van der Waals surface area contributed by atoms with Crippen molar-refractivity contribution in [2.24, 2.45) is 4.99 Å². The van der Waals surface area contributed by atoms with Gasteiger partial charge in [0.2, 0.25) is 0 Å². The number of hydrogen-bond acceptors (Lipinski definition) is 4. The largest absolute Gasteiger partial charge is 0.496 e. The standard InChI is InChI=1S/C19H23BrN4O3.HI/c1-21-19(22-13-14-5-6-16(26-2)15(20)12-14)24-9-7-23(8-10-24)18(25)17-4-3-11-27-17;/h3-6,11-12H,7-10,13H2,1-2H3,(H,21,22);1H. The quantitative estimate of drug-likeness (QED) is 0.352. The number of hydrogen-bond donors (Lipinski definition) is 1. The summed E-state index contributed by atoms with van der Waals surface area (Å²) in [7, 11) is 3.42. The fourth-order valence-electron chi connectivity index (χ4n) is 3.01. The van der Waals surface area contributed by atoms with Gasteiger partial charge < -0.3 is 24.3 Å². The average Bonchev–Trinajstić information content (AvgIpc) is 3.23. The highest BCUT2D eigenvalue weighted by atomic mass is 127. The number of aliphatic imine (C=N–C) groups is 1. The van der Waals surface area contributed by atoms with Crippen LogP contribution in [0.2, 0.25) is 0 Å². The van der Waals surface area contributed by atoms with Crippen molar-refractivity contribution in [2.75, 3.05) is 40.3 Å². The molecule has 1 aromatic carbocycles. The summed E-state index contributed by atoms with van der Waals surface area (Å²) in [6, 6.07) is 9.40. The molecule has 2 heterocycles. The number of piperazine rings is 1. The van der Waals surface area contributed by atoms with Crippen LogP contribution in [0.4, 0.5) is 0 Å². The summed E-state index contributed by atoms with van der Waals surface area (Å²) in [6.07, 6.45) is 1.52. The van der Waals surface area contributed by atoms with Crippen molar-refractivity contribution in [1.82, 2.24) is 15.1 Å². The van der Waals surface area contributed by atoms with Gasteiger partial charge in [0.25, 0.3) is 5.91 Å². The first-order valence-corrected chi connectivity index (χ1v) is 9.52. The Hall–Kier alpha value is -1.75. The van der Waals surface area contributed by atoms with E-state index in [1.807, 2.05) is 23.1 Å². The van der Waals surface area contributed by atoms with Crippen molar-refractivity contribution >= 4 is 51.8 Å². The van der Waals surface area contributed by atoms with Crippen molar-refractivity contribution in [3.8, 4) is 5.75 Å². The van der Waals surface area contributed by atoms with Gasteiger partial charge in [0.1, 0.15) is 5.75 Å². The zero-order valence-electron chi connectivity index (χ0n) is 15.9. The van der Waals surface area contributed by atoms with E-state index in [2.05, 4.69) is 31.1 Å². The lowest BCUT2D eigenvalue weighted by Gasteiger charge is -2.36. The number of amides is 1. The molecule has 0 unspecified atom stereocenters. The molecule has 3 rings (SSSR count). The Labute approximate surface area is 190 Å². The van der Waals surface area contributed by atoms with E-state index in [4.69, 9.17) is 9.15 Å². The van der Waals surface area contributed by atoms with Gasteiger partial charge in [-0.15, -0.1) is 24.0 Å². The molecule has 1 N–H and O–H groups in total. The molecular weight excluding hydrogens is 539 g/mol. The molecule has 0 aliphatic carbocycles. The van der Waals surface area contributed by atoms with E-state index in [9.17, 15) is 4.79 Å². The van der Waals surface area contributed by atoms with E-state index in [1.54, 1.807) is 26.3 Å². The molecule has 9 heteroatoms. The molecule has 1 saturated heterocycles. The predicted molar refractivity (Wildman–Crippen MR) is 122 cm³/mol. The third kappa shape index (κ3) is 5.40. The average molecular weight is 563 g/mol. The second-order valence-corrected chi connectivity index (χ2v) is 6.98. The number of nitrogens with zero attached hydrogens (tertiary/aromatic N) is 3. The van der Waals surface area contributed by atoms with Gasteiger partial charge in [0, 0.05) is 39.8 Å². The third-order valence-electron chi connectivity index (χ3n) is 4.48. The van der Waals surface area contributed by atoms with Crippen LogP contribution in [0.3, 0.4) is 0 Å². The molecule has 0 spiro atoms. The van der Waals surface area contributed by atoms with Crippen molar-refractivity contribution < 1.29 is 13.9 Å². The summed E-state index contributed by atoms with van der Waals surface area (Å²) in [5.74, 6) is 1.95. The molecule has 1 aliphatic heterocycles. The normalized spacial score (nSPS) is 14.5. The van der Waals surface area contributed by atoms with Crippen LogP contribution in [0.25, 0.3) is 0 Å². The number of carbonyl (C=O) groups excluding carboxylic acids is 1. The van der Waals surface area contributed by atoms with Crippen molar-refractivity contribution in [2.45, 2.75) is 6.54 Å². The molecule has 2 aromatic rings. The molecule has 1 amide bonds. The van der Waals surface area contributed by atoms with Gasteiger partial charge in [0.05, 0.1) is 17.8 Å². The van der Waals surface area contributed by atoms with Crippen LogP contribution in [0, 0.1) is 0 Å². The number of methoxy groups -OCH3 is 1. The summed E-state index contributed by atoms with van der Waals surface area (Å²) in [5.41, 5.74) is 1.12. The molecule has 0 radical (unpaired) electrons. The molecule has 0 bridgehead atoms. The Bertz CT molecular complexity index is 806. The lowest BCUT2D eigenvalue weighted by molar-refractivity contribution is 0.0657. The topological polar surface area (TPSA) is 70.3 Å². The first-order valence-electron chi connectivity index (χ1n) is 8.73. The van der Waals surface area contributed by atoms with Crippen LogP contribution >= 0.6 is 39.9 Å². The minimum absolute atomic E-state index is 0. The minimum Gasteiger partial charge on any atom is -0.496 e. The number of nitrogens with one attached hydrogen (secondary N) is 1. The molecule has 1 fully saturated rings. The highest BCUT2D eigenvalue weighted by molar-refractivity contribution is 14.0. The summed E-state index contributed by atoms with van der Waals surface area (Å²) in [5, 5.41) is 3.38. The predicted octanol–water partition coefficient (Wildman–Crippen LogP) is 3.20. The second-order valence-electron chi connectivity index (χ2n) is 6.13. The number of rotatable bonds is 4. The second kappa shape index (κ2) is 10.7. The van der Waals surface area contributed by atoms with Crippen molar-refractivity contribution in [3.63, 3.8) is 0 Å². The van der Waals surface area contributed by atoms with Crippen LogP contribution < -0.4 is 10.1 Å². The van der Waals surface area contributed by atoms with E-state index in [1.165, 1.54) is 6.26 Å². The van der Waals surface area contributed by atoms with E-state index in [0.29, 0.717) is 25.4 Å². The number of carbonyl (C=O) groups is 1. The van der Waals surface area contributed by atoms with Gasteiger partial charge >= 0.3 is 0 Å². The molecule has 0 saturated carbocycles. The number of ether oxygens (including phenoxy) is 1. The van der Waals surface area contributed by atoms with Crippen LogP contribution in [-0.2, 0) is 6.54 Å². The first kappa shape index (κ1) is 22.5.